The zero-order chi connectivity index (χ0) is 13.8. The van der Waals surface area contributed by atoms with Crippen LogP contribution in [0.15, 0.2) is 12.1 Å². The number of ether oxygens (including phenoxy) is 1. The molecular weight excluding hydrogens is 270 g/mol. The highest BCUT2D eigenvalue weighted by Crippen LogP contribution is 2.17. The molecule has 8 heteroatoms. The molecule has 1 aliphatic heterocycles. The maximum absolute atomic E-state index is 12.3. The third kappa shape index (κ3) is 3.12. The van der Waals surface area contributed by atoms with Crippen molar-refractivity contribution in [3.05, 3.63) is 22.8 Å². The van der Waals surface area contributed by atoms with E-state index in [0.29, 0.717) is 24.5 Å². The second-order valence-electron chi connectivity index (χ2n) is 3.95. The molecular formula is C11H12ClN5O2. The van der Waals surface area contributed by atoms with Crippen LogP contribution in [0, 0.1) is 11.3 Å². The largest absolute Gasteiger partial charge is 0.360 e. The fourth-order valence-electron chi connectivity index (χ4n) is 1.79. The van der Waals surface area contributed by atoms with E-state index in [-0.39, 0.29) is 17.6 Å². The van der Waals surface area contributed by atoms with Gasteiger partial charge in [-0.2, -0.15) is 5.26 Å². The number of carbonyl (C=O) groups excluding carboxylic acids is 1. The summed E-state index contributed by atoms with van der Waals surface area (Å²) in [6.07, 6.45) is -0.595. The molecule has 7 nitrogen and oxygen atoms in total. The molecule has 0 aromatic carbocycles. The Morgan fingerprint density at radius 1 is 1.68 bits per heavy atom. The van der Waals surface area contributed by atoms with Crippen molar-refractivity contribution in [1.29, 1.82) is 5.26 Å². The molecule has 0 spiro atoms. The van der Waals surface area contributed by atoms with Gasteiger partial charge >= 0.3 is 0 Å². The van der Waals surface area contributed by atoms with Crippen LogP contribution in [0.2, 0.25) is 5.15 Å². The maximum atomic E-state index is 12.3. The lowest BCUT2D eigenvalue weighted by Gasteiger charge is -2.29. The summed E-state index contributed by atoms with van der Waals surface area (Å²) >= 11 is 5.81. The van der Waals surface area contributed by atoms with E-state index in [9.17, 15) is 4.79 Å². The van der Waals surface area contributed by atoms with Gasteiger partial charge in [-0.05, 0) is 12.1 Å². The van der Waals surface area contributed by atoms with Gasteiger partial charge in [-0.1, -0.05) is 11.6 Å². The fourth-order valence-corrected chi connectivity index (χ4v) is 2.00. The molecule has 1 fully saturated rings. The van der Waals surface area contributed by atoms with Crippen LogP contribution in [0.25, 0.3) is 0 Å². The summed E-state index contributed by atoms with van der Waals surface area (Å²) < 4.78 is 5.19. The van der Waals surface area contributed by atoms with Gasteiger partial charge in [0.15, 0.2) is 6.10 Å². The van der Waals surface area contributed by atoms with Gasteiger partial charge in [0.2, 0.25) is 0 Å². The number of hydrogen-bond donors (Lipinski definition) is 2. The van der Waals surface area contributed by atoms with Crippen molar-refractivity contribution in [3.63, 3.8) is 0 Å². The monoisotopic (exact) mass is 281 g/mol. The predicted molar refractivity (Wildman–Crippen MR) is 68.3 cm³/mol. The number of nitrogens with two attached hydrogens (primary N) is 1. The molecule has 1 amide bonds. The van der Waals surface area contributed by atoms with Crippen molar-refractivity contribution in [1.82, 2.24) is 9.88 Å². The molecule has 0 radical (unpaired) electrons. The van der Waals surface area contributed by atoms with Gasteiger partial charge < -0.3 is 15.1 Å². The third-order valence-electron chi connectivity index (χ3n) is 2.69. The number of rotatable bonds is 2. The smallest absolute Gasteiger partial charge is 0.254 e. The number of anilines is 1. The molecule has 19 heavy (non-hydrogen) atoms. The topological polar surface area (TPSA) is 104 Å². The number of halogens is 1. The molecule has 1 aromatic rings. The predicted octanol–water partition coefficient (Wildman–Crippen LogP) is 0.385. The average Bonchev–Trinajstić information content (AvgIpc) is 2.45. The number of nitrogen functional groups attached to an aromatic ring is 1. The van der Waals surface area contributed by atoms with Crippen LogP contribution in [0.1, 0.15) is 10.4 Å². The highest BCUT2D eigenvalue weighted by molar-refractivity contribution is 6.29. The zero-order valence-electron chi connectivity index (χ0n) is 9.97. The van der Waals surface area contributed by atoms with Gasteiger partial charge in [-0.15, -0.1) is 0 Å². The summed E-state index contributed by atoms with van der Waals surface area (Å²) in [5, 5.41) is 8.99. The van der Waals surface area contributed by atoms with Gasteiger partial charge in [0.05, 0.1) is 19.2 Å². The van der Waals surface area contributed by atoms with E-state index in [1.165, 1.54) is 12.1 Å². The quantitative estimate of drug-likeness (QED) is 0.461. The maximum Gasteiger partial charge on any atom is 0.254 e. The first kappa shape index (κ1) is 13.5. The number of nitrogens with zero attached hydrogens (tertiary/aromatic N) is 3. The van der Waals surface area contributed by atoms with Gasteiger partial charge in [-0.3, -0.25) is 4.79 Å². The first-order valence-corrected chi connectivity index (χ1v) is 5.96. The Morgan fingerprint density at radius 3 is 3.16 bits per heavy atom. The highest BCUT2D eigenvalue weighted by atomic mass is 35.5. The summed E-state index contributed by atoms with van der Waals surface area (Å²) in [4.78, 5) is 17.7. The number of nitriles is 1. The zero-order valence-corrected chi connectivity index (χ0v) is 10.7. The van der Waals surface area contributed by atoms with E-state index in [4.69, 9.17) is 27.4 Å². The van der Waals surface area contributed by atoms with E-state index < -0.39 is 6.10 Å². The minimum Gasteiger partial charge on any atom is -0.360 e. The average molecular weight is 282 g/mol. The Balaban J connectivity index is 2.19. The Bertz CT molecular complexity index is 530. The van der Waals surface area contributed by atoms with Crippen LogP contribution in [-0.2, 0) is 4.74 Å². The minimum atomic E-state index is -0.595. The number of pyridine rings is 1. The first-order valence-electron chi connectivity index (χ1n) is 5.58. The lowest BCUT2D eigenvalue weighted by Crippen LogP contribution is -2.45. The normalized spacial score (nSPS) is 18.8. The summed E-state index contributed by atoms with van der Waals surface area (Å²) in [5.41, 5.74) is 2.71. The summed E-state index contributed by atoms with van der Waals surface area (Å²) in [6.45, 7) is 1.01. The summed E-state index contributed by atoms with van der Waals surface area (Å²) in [5.74, 6) is 5.33. The molecule has 2 rings (SSSR count). The fraction of sp³-hybridized carbons (Fsp3) is 0.364. The number of carbonyl (C=O) groups is 1. The molecule has 1 unspecified atom stereocenters. The van der Waals surface area contributed by atoms with Crippen LogP contribution in [-0.4, -0.2) is 41.6 Å². The third-order valence-corrected chi connectivity index (χ3v) is 2.88. The van der Waals surface area contributed by atoms with Gasteiger partial charge in [0.1, 0.15) is 11.0 Å². The lowest BCUT2D eigenvalue weighted by molar-refractivity contribution is 0.00347. The van der Waals surface area contributed by atoms with E-state index in [1.54, 1.807) is 4.90 Å². The molecule has 0 saturated carbocycles. The van der Waals surface area contributed by atoms with Crippen molar-refractivity contribution >= 4 is 23.3 Å². The number of amides is 1. The molecule has 0 aliphatic carbocycles. The standard InChI is InChI=1S/C11H12ClN5O2/c12-9-3-7(4-10(15-9)16-14)11(18)17-1-2-19-8(5-13)6-17/h3-4,8H,1-2,6,14H2,(H,15,16). The summed E-state index contributed by atoms with van der Waals surface area (Å²) in [6, 6.07) is 4.95. The molecule has 3 N–H and O–H groups in total. The molecule has 1 atom stereocenters. The van der Waals surface area contributed by atoms with E-state index in [1.807, 2.05) is 6.07 Å². The first-order chi connectivity index (χ1) is 9.13. The van der Waals surface area contributed by atoms with Crippen molar-refractivity contribution in [2.45, 2.75) is 6.10 Å². The minimum absolute atomic E-state index is 0.170. The second-order valence-corrected chi connectivity index (χ2v) is 4.34. The van der Waals surface area contributed by atoms with Gasteiger partial charge in [-0.25, -0.2) is 10.8 Å². The van der Waals surface area contributed by atoms with Gasteiger partial charge in [0.25, 0.3) is 5.91 Å². The molecule has 1 aliphatic rings. The number of hydrazine groups is 1. The number of aromatic nitrogens is 1. The number of hydrogen-bond acceptors (Lipinski definition) is 6. The van der Waals surface area contributed by atoms with Crippen molar-refractivity contribution in [3.8, 4) is 6.07 Å². The Morgan fingerprint density at radius 2 is 2.47 bits per heavy atom. The molecule has 100 valence electrons. The number of nitrogens with one attached hydrogen (secondary N) is 1. The van der Waals surface area contributed by atoms with Crippen LogP contribution in [0.3, 0.4) is 0 Å². The van der Waals surface area contributed by atoms with E-state index in [0.717, 1.165) is 0 Å². The summed E-state index contributed by atoms with van der Waals surface area (Å²) in [7, 11) is 0. The lowest BCUT2D eigenvalue weighted by atomic mass is 10.2. The Kier molecular flexibility index (Phi) is 4.16. The SMILES string of the molecule is N#CC1CN(C(=O)c2cc(Cl)nc(NN)c2)CCO1. The van der Waals surface area contributed by atoms with Crippen LogP contribution in [0.5, 0.6) is 0 Å². The van der Waals surface area contributed by atoms with Crippen molar-refractivity contribution in [2.24, 2.45) is 5.84 Å². The molecule has 1 saturated heterocycles. The Labute approximate surface area is 114 Å². The van der Waals surface area contributed by atoms with E-state index >= 15 is 0 Å². The number of morpholine rings is 1. The van der Waals surface area contributed by atoms with Gasteiger partial charge in [0, 0.05) is 12.1 Å². The van der Waals surface area contributed by atoms with E-state index in [2.05, 4.69) is 10.4 Å². The van der Waals surface area contributed by atoms with Crippen LogP contribution < -0.4 is 11.3 Å². The van der Waals surface area contributed by atoms with Crippen molar-refractivity contribution < 1.29 is 9.53 Å². The molecule has 0 bridgehead atoms. The molecule has 1 aromatic heterocycles. The second kappa shape index (κ2) is 5.84. The van der Waals surface area contributed by atoms with Crippen molar-refractivity contribution in [2.75, 3.05) is 25.1 Å². The highest BCUT2D eigenvalue weighted by Gasteiger charge is 2.25. The Hall–Kier alpha value is -1.88. The molecule has 2 heterocycles. The van der Waals surface area contributed by atoms with Crippen LogP contribution in [0.4, 0.5) is 5.82 Å². The van der Waals surface area contributed by atoms with Crippen LogP contribution >= 0.6 is 11.6 Å².